The number of carbonyl (C=O) groups excluding carboxylic acids is 5. The number of nitrogens with zero attached hydrogens (tertiary/aromatic N) is 2. The van der Waals surface area contributed by atoms with Gasteiger partial charge in [0, 0.05) is 24.4 Å². The van der Waals surface area contributed by atoms with Crippen molar-refractivity contribution in [1.29, 1.82) is 0 Å². The molecule has 14 nitrogen and oxygen atoms in total. The van der Waals surface area contributed by atoms with Crippen LogP contribution in [0.3, 0.4) is 0 Å². The Morgan fingerprint density at radius 3 is 2.44 bits per heavy atom. The van der Waals surface area contributed by atoms with E-state index in [1.165, 1.54) is 15.9 Å². The van der Waals surface area contributed by atoms with Gasteiger partial charge in [-0.05, 0) is 87.7 Å². The normalized spacial score (nSPS) is 30.0. The van der Waals surface area contributed by atoms with Crippen molar-refractivity contribution in [2.45, 2.75) is 132 Å². The van der Waals surface area contributed by atoms with Crippen molar-refractivity contribution in [1.82, 2.24) is 25.2 Å². The summed E-state index contributed by atoms with van der Waals surface area (Å²) in [6.45, 7) is -0.0258. The van der Waals surface area contributed by atoms with E-state index in [1.54, 1.807) is 12.1 Å². The molecule has 16 heteroatoms. The van der Waals surface area contributed by atoms with Gasteiger partial charge in [-0.25, -0.2) is 22.4 Å². The first-order chi connectivity index (χ1) is 25.9. The van der Waals surface area contributed by atoms with E-state index in [1.807, 2.05) is 12.2 Å². The van der Waals surface area contributed by atoms with Gasteiger partial charge in [0.05, 0.1) is 18.3 Å². The molecule has 0 spiro atoms. The maximum atomic E-state index is 14.5. The fourth-order valence-corrected chi connectivity index (χ4v) is 9.67. The fourth-order valence-electron chi connectivity index (χ4n) is 8.30. The minimum absolute atomic E-state index is 0.00718. The molecule has 4 saturated carbocycles. The number of halogens is 1. The Labute approximate surface area is 314 Å². The predicted octanol–water partition coefficient (Wildman–Crippen LogP) is 3.53. The number of amides is 5. The van der Waals surface area contributed by atoms with E-state index in [-0.39, 0.29) is 45.0 Å². The summed E-state index contributed by atoms with van der Waals surface area (Å²) >= 11 is 0. The average Bonchev–Trinajstić information content (AvgIpc) is 3.91. The molecule has 5 amide bonds. The highest BCUT2D eigenvalue weighted by atomic mass is 32.2. The number of alkyl carbamates (subject to hydrolysis) is 1. The molecule has 5 atom stereocenters. The molecule has 0 bridgehead atoms. The Morgan fingerprint density at radius 2 is 1.74 bits per heavy atom. The van der Waals surface area contributed by atoms with Crippen LogP contribution in [0.25, 0.3) is 0 Å². The van der Waals surface area contributed by atoms with E-state index in [4.69, 9.17) is 9.47 Å². The van der Waals surface area contributed by atoms with E-state index in [0.717, 1.165) is 38.5 Å². The van der Waals surface area contributed by atoms with Gasteiger partial charge in [-0.1, -0.05) is 37.1 Å². The Balaban J connectivity index is 1.03. The molecule has 0 unspecified atom stereocenters. The fraction of sp³-hybridized carbons (Fsp3) is 0.658. The van der Waals surface area contributed by atoms with Crippen molar-refractivity contribution >= 4 is 39.9 Å². The number of nitrogens with one attached hydrogen (secondary N) is 3. The summed E-state index contributed by atoms with van der Waals surface area (Å²) < 4.78 is 54.0. The molecule has 5 fully saturated rings. The maximum Gasteiger partial charge on any atom is 0.410 e. The van der Waals surface area contributed by atoms with Crippen LogP contribution in [0.2, 0.25) is 0 Å². The highest BCUT2D eigenvalue weighted by Crippen LogP contribution is 2.47. The Bertz CT molecular complexity index is 1830. The van der Waals surface area contributed by atoms with E-state index >= 15 is 0 Å². The van der Waals surface area contributed by atoms with Crippen molar-refractivity contribution in [3.05, 3.63) is 47.3 Å². The van der Waals surface area contributed by atoms with Crippen LogP contribution >= 0.6 is 0 Å². The Hall–Kier alpha value is -4.21. The predicted molar refractivity (Wildman–Crippen MR) is 190 cm³/mol. The molecule has 4 aliphatic carbocycles. The maximum absolute atomic E-state index is 14.5. The lowest BCUT2D eigenvalue weighted by Gasteiger charge is -2.30. The topological polar surface area (TPSA) is 181 Å². The van der Waals surface area contributed by atoms with Gasteiger partial charge in [0.2, 0.25) is 21.8 Å². The number of carbonyl (C=O) groups is 5. The van der Waals surface area contributed by atoms with Gasteiger partial charge in [0.15, 0.2) is 0 Å². The molecular formula is C38H48FN5O9S. The summed E-state index contributed by atoms with van der Waals surface area (Å²) in [7, 11) is -3.92. The van der Waals surface area contributed by atoms with Gasteiger partial charge >= 0.3 is 12.2 Å². The second-order valence-electron chi connectivity index (χ2n) is 16.2. The monoisotopic (exact) mass is 769 g/mol. The zero-order valence-corrected chi connectivity index (χ0v) is 31.0. The third kappa shape index (κ3) is 7.80. The smallest absolute Gasteiger partial charge is 0.410 e. The Morgan fingerprint density at radius 1 is 0.981 bits per heavy atom. The van der Waals surface area contributed by atoms with Gasteiger partial charge in [0.25, 0.3) is 5.91 Å². The number of ether oxygens (including phenoxy) is 2. The van der Waals surface area contributed by atoms with Crippen LogP contribution in [0.5, 0.6) is 0 Å². The van der Waals surface area contributed by atoms with Crippen LogP contribution in [0.4, 0.5) is 14.0 Å². The molecule has 3 N–H and O–H groups in total. The first kappa shape index (κ1) is 36.8. The molecule has 8 rings (SSSR count). The van der Waals surface area contributed by atoms with Crippen molar-refractivity contribution < 1.29 is 46.3 Å². The van der Waals surface area contributed by atoms with Crippen LogP contribution in [0, 0.1) is 23.6 Å². The van der Waals surface area contributed by atoms with Crippen molar-refractivity contribution in [2.24, 2.45) is 17.8 Å². The molecule has 0 radical (unpaired) electrons. The van der Waals surface area contributed by atoms with Gasteiger partial charge in [0.1, 0.15) is 35.6 Å². The quantitative estimate of drug-likeness (QED) is 0.334. The molecule has 7 aliphatic rings. The summed E-state index contributed by atoms with van der Waals surface area (Å²) in [5.41, 5.74) is -0.491. The lowest BCUT2D eigenvalue weighted by Crippen LogP contribution is -2.58. The summed E-state index contributed by atoms with van der Waals surface area (Å²) in [5.74, 6) is -2.31. The average molecular weight is 770 g/mol. The molecule has 54 heavy (non-hydrogen) atoms. The lowest BCUT2D eigenvalue weighted by atomic mass is 10.0. The first-order valence-corrected chi connectivity index (χ1v) is 21.0. The molecule has 1 saturated heterocycles. The third-order valence-corrected chi connectivity index (χ3v) is 13.8. The van der Waals surface area contributed by atoms with Crippen LogP contribution in [-0.2, 0) is 47.0 Å². The van der Waals surface area contributed by atoms with Crippen LogP contribution in [-0.4, -0.2) is 89.8 Å². The SMILES string of the molecule is O=C(N[C@H]1CCCCCC=C[C@@H]2C[C@@]2(C(=O)NS(=O)(=O)C2CC2)NC(=O)[C@@H]2C[C@@H](OC(=O)N3Cc4cccc(F)c4C3)CN2C1=O)OC(C1CC1)C1CC1. The van der Waals surface area contributed by atoms with Crippen LogP contribution < -0.4 is 15.4 Å². The second kappa shape index (κ2) is 14.5. The van der Waals surface area contributed by atoms with E-state index in [2.05, 4.69) is 15.4 Å². The van der Waals surface area contributed by atoms with Crippen LogP contribution in [0.15, 0.2) is 30.4 Å². The number of benzene rings is 1. The minimum atomic E-state index is -3.92. The molecule has 1 aromatic carbocycles. The zero-order chi connectivity index (χ0) is 37.8. The first-order valence-electron chi connectivity index (χ1n) is 19.5. The van der Waals surface area contributed by atoms with Gasteiger partial charge in [-0.15, -0.1) is 0 Å². The van der Waals surface area contributed by atoms with Crippen molar-refractivity contribution in [3.8, 4) is 0 Å². The summed E-state index contributed by atoms with van der Waals surface area (Å²) in [4.78, 5) is 71.8. The number of hydrogen-bond acceptors (Lipinski definition) is 9. The van der Waals surface area contributed by atoms with E-state index < -0.39 is 80.6 Å². The largest absolute Gasteiger partial charge is 0.446 e. The van der Waals surface area contributed by atoms with Gasteiger partial charge < -0.3 is 25.0 Å². The Kier molecular flexibility index (Phi) is 9.84. The molecule has 3 heterocycles. The van der Waals surface area contributed by atoms with Gasteiger partial charge in [-0.3, -0.25) is 24.0 Å². The van der Waals surface area contributed by atoms with Crippen molar-refractivity contribution in [2.75, 3.05) is 6.54 Å². The van der Waals surface area contributed by atoms with Crippen LogP contribution in [0.1, 0.15) is 94.6 Å². The summed E-state index contributed by atoms with van der Waals surface area (Å²) in [6, 6.07) is 2.39. The molecule has 1 aromatic rings. The second-order valence-corrected chi connectivity index (χ2v) is 18.2. The summed E-state index contributed by atoms with van der Waals surface area (Å²) in [6.07, 6.45) is 9.26. The van der Waals surface area contributed by atoms with Crippen molar-refractivity contribution in [3.63, 3.8) is 0 Å². The highest BCUT2D eigenvalue weighted by molar-refractivity contribution is 7.91. The number of allylic oxidation sites excluding steroid dienone is 1. The highest BCUT2D eigenvalue weighted by Gasteiger charge is 2.62. The number of sulfonamides is 1. The molecular weight excluding hydrogens is 722 g/mol. The van der Waals surface area contributed by atoms with E-state index in [0.29, 0.717) is 48.6 Å². The lowest BCUT2D eigenvalue weighted by molar-refractivity contribution is -0.141. The zero-order valence-electron chi connectivity index (χ0n) is 30.2. The minimum Gasteiger partial charge on any atom is -0.446 e. The number of fused-ring (bicyclic) bond motifs is 3. The number of rotatable bonds is 8. The molecule has 0 aromatic heterocycles. The summed E-state index contributed by atoms with van der Waals surface area (Å²) in [5, 5.41) is 4.97. The molecule has 3 aliphatic heterocycles. The van der Waals surface area contributed by atoms with Gasteiger partial charge in [-0.2, -0.15) is 0 Å². The van der Waals surface area contributed by atoms with E-state index in [9.17, 15) is 36.8 Å². The molecule has 292 valence electrons. The third-order valence-electron chi connectivity index (χ3n) is 12.0. The standard InChI is InChI=1S/C38H48FN5O9S/c39-29-9-6-7-24-19-43(21-28(24)29)37(49)52-26-17-31-33(45)41-38(35(47)42-54(50,51)27-15-16-27)18-25(38)8-4-2-1-3-5-10-30(34(46)44(31)20-26)40-36(48)53-32(22-11-12-22)23-13-14-23/h4,6-9,22-23,25-27,30-32H,1-3,5,10-21H2,(H,40,48)(H,41,45)(H,42,47)/t25-,26-,30+,31+,38-/m1/s1. The number of hydrogen-bond donors (Lipinski definition) is 3.